The van der Waals surface area contributed by atoms with Gasteiger partial charge in [0.2, 0.25) is 11.7 Å². The first-order valence-corrected chi connectivity index (χ1v) is 8.48. The highest BCUT2D eigenvalue weighted by Gasteiger charge is 2.31. The molecule has 0 radical (unpaired) electrons. The van der Waals surface area contributed by atoms with Crippen molar-refractivity contribution in [2.45, 2.75) is 25.6 Å². The van der Waals surface area contributed by atoms with E-state index in [0.717, 1.165) is 29.8 Å². The molecule has 9 nitrogen and oxygen atoms in total. The van der Waals surface area contributed by atoms with Crippen molar-refractivity contribution in [3.8, 4) is 11.4 Å². The second-order valence-corrected chi connectivity index (χ2v) is 6.40. The Bertz CT molecular complexity index is 911. The van der Waals surface area contributed by atoms with Gasteiger partial charge in [-0.2, -0.15) is 18.0 Å². The maximum Gasteiger partial charge on any atom is 0.416 e. The van der Waals surface area contributed by atoms with Crippen molar-refractivity contribution in [2.75, 3.05) is 0 Å². The van der Waals surface area contributed by atoms with Gasteiger partial charge in [0.05, 0.1) is 5.56 Å². The van der Waals surface area contributed by atoms with Crippen molar-refractivity contribution in [3.63, 3.8) is 0 Å². The summed E-state index contributed by atoms with van der Waals surface area (Å²) in [4.78, 5) is 24.3. The van der Waals surface area contributed by atoms with Crippen molar-refractivity contribution in [2.24, 2.45) is 5.92 Å². The van der Waals surface area contributed by atoms with E-state index in [1.54, 1.807) is 0 Å². The minimum Gasteiger partial charge on any atom is -0.302 e. The molecule has 148 valence electrons. The minimum absolute atomic E-state index is 0.0379. The summed E-state index contributed by atoms with van der Waals surface area (Å²) in [5.74, 6) is -0.908. The van der Waals surface area contributed by atoms with Gasteiger partial charge in [-0.25, -0.2) is 0 Å². The monoisotopic (exact) mass is 413 g/mol. The normalized spacial score (nSPS) is 13.7. The van der Waals surface area contributed by atoms with Crippen LogP contribution in [0.5, 0.6) is 0 Å². The molecule has 3 N–H and O–H groups in total. The summed E-state index contributed by atoms with van der Waals surface area (Å²) in [6, 6.07) is 4.45. The first kappa shape index (κ1) is 19.7. The molecule has 2 aromatic rings. The van der Waals surface area contributed by atoms with Gasteiger partial charge in [0.1, 0.15) is 6.54 Å². The van der Waals surface area contributed by atoms with Crippen LogP contribution in [0.3, 0.4) is 0 Å². The summed E-state index contributed by atoms with van der Waals surface area (Å²) < 4.78 is 38.3. The topological polar surface area (TPSA) is 114 Å². The van der Waals surface area contributed by atoms with Gasteiger partial charge < -0.3 is 5.32 Å². The van der Waals surface area contributed by atoms with Crippen LogP contribution in [0, 0.1) is 5.92 Å². The number of hydrazine groups is 1. The predicted molar refractivity (Wildman–Crippen MR) is 93.0 cm³/mol. The van der Waals surface area contributed by atoms with E-state index in [4.69, 9.17) is 12.2 Å². The van der Waals surface area contributed by atoms with E-state index < -0.39 is 17.6 Å². The van der Waals surface area contributed by atoms with Crippen molar-refractivity contribution in [1.29, 1.82) is 0 Å². The first-order chi connectivity index (χ1) is 13.2. The number of tetrazole rings is 1. The van der Waals surface area contributed by atoms with E-state index in [1.165, 1.54) is 12.1 Å². The number of hydrogen-bond donors (Lipinski definition) is 3. The third-order valence-corrected chi connectivity index (χ3v) is 3.89. The molecule has 2 amide bonds. The molecule has 1 aliphatic carbocycles. The lowest BCUT2D eigenvalue weighted by Gasteiger charge is -2.09. The number of thiocarbonyl (C=S) groups is 1. The smallest absolute Gasteiger partial charge is 0.302 e. The zero-order chi connectivity index (χ0) is 20.3. The van der Waals surface area contributed by atoms with Crippen LogP contribution in [0.1, 0.15) is 18.4 Å². The number of benzene rings is 1. The van der Waals surface area contributed by atoms with E-state index >= 15 is 0 Å². The highest BCUT2D eigenvalue weighted by Crippen LogP contribution is 2.31. The summed E-state index contributed by atoms with van der Waals surface area (Å²) in [5.41, 5.74) is 3.89. The average molecular weight is 413 g/mol. The molecule has 0 aliphatic heterocycles. The fourth-order valence-electron chi connectivity index (χ4n) is 2.15. The van der Waals surface area contributed by atoms with Crippen molar-refractivity contribution < 1.29 is 22.8 Å². The fraction of sp³-hybridized carbons (Fsp3) is 0.333. The lowest BCUT2D eigenvalue weighted by Crippen LogP contribution is -2.49. The van der Waals surface area contributed by atoms with Crippen LogP contribution in [0.15, 0.2) is 24.3 Å². The summed E-state index contributed by atoms with van der Waals surface area (Å²) >= 11 is 4.87. The predicted octanol–water partition coefficient (Wildman–Crippen LogP) is 0.791. The highest BCUT2D eigenvalue weighted by molar-refractivity contribution is 7.80. The zero-order valence-corrected chi connectivity index (χ0v) is 15.0. The molecule has 28 heavy (non-hydrogen) atoms. The number of alkyl halides is 3. The van der Waals surface area contributed by atoms with Crippen molar-refractivity contribution in [1.82, 2.24) is 36.4 Å². The van der Waals surface area contributed by atoms with Crippen LogP contribution < -0.4 is 16.2 Å². The minimum atomic E-state index is -4.50. The number of carbonyl (C=O) groups excluding carboxylic acids is 2. The molecule has 13 heteroatoms. The lowest BCUT2D eigenvalue weighted by atomic mass is 10.1. The SMILES string of the molecule is O=C(Cn1nnc(-c2cccc(C(F)(F)F)c2)n1)NNC(=S)NC(=O)C1CC1. The Hall–Kier alpha value is -3.09. The summed E-state index contributed by atoms with van der Waals surface area (Å²) in [7, 11) is 0. The standard InChI is InChI=1S/C15H14F3N7O2S/c16-15(17,18)10-3-1-2-9(6-10)12-21-24-25(23-12)7-11(26)20-22-14(28)19-13(27)8-4-5-8/h1-3,6,8H,4-5,7H2,(H,20,26)(H2,19,22,27,28). The van der Waals surface area contributed by atoms with Crippen molar-refractivity contribution in [3.05, 3.63) is 29.8 Å². The Labute approximate surface area is 161 Å². The summed E-state index contributed by atoms with van der Waals surface area (Å²) in [6.07, 6.45) is -2.87. The van der Waals surface area contributed by atoms with Crippen LogP contribution in [0.4, 0.5) is 13.2 Å². The number of aromatic nitrogens is 4. The van der Waals surface area contributed by atoms with Gasteiger partial charge in [-0.3, -0.25) is 20.4 Å². The van der Waals surface area contributed by atoms with Gasteiger partial charge in [-0.1, -0.05) is 12.1 Å². The van der Waals surface area contributed by atoms with E-state index in [1.807, 2.05) is 0 Å². The number of rotatable bonds is 4. The van der Waals surface area contributed by atoms with Crippen LogP contribution in [0.25, 0.3) is 11.4 Å². The largest absolute Gasteiger partial charge is 0.416 e. The van der Waals surface area contributed by atoms with E-state index in [2.05, 4.69) is 31.6 Å². The highest BCUT2D eigenvalue weighted by atomic mass is 32.1. The summed E-state index contributed by atoms with van der Waals surface area (Å²) in [6.45, 7) is -0.363. The number of nitrogens with zero attached hydrogens (tertiary/aromatic N) is 4. The average Bonchev–Trinajstić information content (AvgIpc) is 3.39. The molecule has 0 bridgehead atoms. The van der Waals surface area contributed by atoms with Gasteiger partial charge in [-0.05, 0) is 42.4 Å². The first-order valence-electron chi connectivity index (χ1n) is 8.07. The quantitative estimate of drug-likeness (QED) is 0.502. The van der Waals surface area contributed by atoms with Crippen LogP contribution in [-0.4, -0.2) is 37.1 Å². The van der Waals surface area contributed by atoms with E-state index in [0.29, 0.717) is 0 Å². The Balaban J connectivity index is 1.53. The molecular formula is C15H14F3N7O2S. The molecule has 1 aromatic carbocycles. The van der Waals surface area contributed by atoms with Crippen LogP contribution in [-0.2, 0) is 22.3 Å². The Morgan fingerprint density at radius 2 is 2.00 bits per heavy atom. The van der Waals surface area contributed by atoms with Crippen molar-refractivity contribution >= 4 is 29.1 Å². The molecular weight excluding hydrogens is 399 g/mol. The van der Waals surface area contributed by atoms with E-state index in [-0.39, 0.29) is 34.9 Å². The molecule has 1 fully saturated rings. The molecule has 1 heterocycles. The number of amides is 2. The molecule has 1 aromatic heterocycles. The lowest BCUT2D eigenvalue weighted by molar-refractivity contribution is -0.137. The number of carbonyl (C=O) groups is 2. The third kappa shape index (κ3) is 5.22. The molecule has 0 atom stereocenters. The van der Waals surface area contributed by atoms with Crippen LogP contribution >= 0.6 is 12.2 Å². The molecule has 0 unspecified atom stereocenters. The Kier molecular flexibility index (Phi) is 5.53. The number of hydrogen-bond acceptors (Lipinski definition) is 6. The van der Waals surface area contributed by atoms with Gasteiger partial charge in [-0.15, -0.1) is 10.2 Å². The molecule has 3 rings (SSSR count). The summed E-state index contributed by atoms with van der Waals surface area (Å²) in [5, 5.41) is 13.6. The second-order valence-electron chi connectivity index (χ2n) is 5.99. The third-order valence-electron chi connectivity index (χ3n) is 3.69. The van der Waals surface area contributed by atoms with E-state index in [9.17, 15) is 22.8 Å². The van der Waals surface area contributed by atoms with Gasteiger partial charge in [0.15, 0.2) is 5.11 Å². The number of nitrogens with one attached hydrogen (secondary N) is 3. The molecule has 0 spiro atoms. The van der Waals surface area contributed by atoms with Gasteiger partial charge in [0.25, 0.3) is 5.91 Å². The van der Waals surface area contributed by atoms with Gasteiger partial charge in [0, 0.05) is 11.5 Å². The molecule has 1 aliphatic rings. The molecule has 1 saturated carbocycles. The zero-order valence-electron chi connectivity index (χ0n) is 14.2. The molecule has 0 saturated heterocycles. The van der Waals surface area contributed by atoms with Crippen LogP contribution in [0.2, 0.25) is 0 Å². The Morgan fingerprint density at radius 1 is 1.25 bits per heavy atom. The Morgan fingerprint density at radius 3 is 2.68 bits per heavy atom. The second kappa shape index (κ2) is 7.88. The fourth-order valence-corrected chi connectivity index (χ4v) is 2.30. The number of halogens is 3. The van der Waals surface area contributed by atoms with Gasteiger partial charge >= 0.3 is 6.18 Å². The maximum absolute atomic E-state index is 12.8. The maximum atomic E-state index is 12.8.